The average Bonchev–Trinajstić information content (AvgIpc) is 3.59. The first-order valence-electron chi connectivity index (χ1n) is 19.5. The van der Waals surface area contributed by atoms with Crippen LogP contribution in [0.1, 0.15) is 125 Å². The number of aromatic carboxylic acids is 2. The van der Waals surface area contributed by atoms with Crippen LogP contribution < -0.4 is 10.6 Å². The highest BCUT2D eigenvalue weighted by Gasteiger charge is 2.28. The smallest absolute Gasteiger partial charge is 0.335 e. The van der Waals surface area contributed by atoms with Gasteiger partial charge in [-0.05, 0) is 141 Å². The van der Waals surface area contributed by atoms with Crippen molar-refractivity contribution in [3.05, 3.63) is 152 Å². The summed E-state index contributed by atoms with van der Waals surface area (Å²) in [6.45, 7) is 4.30. The summed E-state index contributed by atoms with van der Waals surface area (Å²) >= 11 is 1.45. The van der Waals surface area contributed by atoms with E-state index in [0.29, 0.717) is 27.4 Å². The first-order valence-corrected chi connectivity index (χ1v) is 20.3. The second kappa shape index (κ2) is 18.7. The minimum atomic E-state index is -1.06. The zero-order valence-corrected chi connectivity index (χ0v) is 33.0. The van der Waals surface area contributed by atoms with Crippen LogP contribution in [0.5, 0.6) is 0 Å². The van der Waals surface area contributed by atoms with Gasteiger partial charge in [-0.2, -0.15) is 0 Å². The molecule has 0 saturated heterocycles. The van der Waals surface area contributed by atoms with Gasteiger partial charge in [0.25, 0.3) is 17.7 Å². The summed E-state index contributed by atoms with van der Waals surface area (Å²) in [6.07, 6.45) is 7.59. The van der Waals surface area contributed by atoms with Gasteiger partial charge in [-0.3, -0.25) is 14.4 Å². The third-order valence-electron chi connectivity index (χ3n) is 10.5. The van der Waals surface area contributed by atoms with Crippen LogP contribution >= 0.6 is 11.3 Å². The zero-order chi connectivity index (χ0) is 40.5. The molecule has 3 amide bonds. The number of carboxylic acid groups (broad SMARTS) is 2. The quantitative estimate of drug-likeness (QED) is 0.0777. The lowest BCUT2D eigenvalue weighted by atomic mass is 9.95. The number of carbonyl (C=O) groups is 5. The standard InChI is InChI=1S/C46H47N3O7S/c1-3-37(4-2)49(44(52)32-21-23-34(24-22-32)46(55)56)28-31-11-8-12-35(27-31)41(50)48-43-40(38-13-5-6-14-39(38)57-43)42(51)47-36-25-17-30(18-26-36)10-7-9-29-15-19-33(20-16-29)45(53)54/h8,11-12,15-27,37H,3-7,9-10,13-14,28H2,1-2H3,(H,47,51)(H,48,50)(H,53,54)(H,55,56). The number of aryl methyl sites for hydroxylation is 3. The SMILES string of the molecule is CCC(CC)N(Cc1cccc(C(=O)Nc2sc3c(c2C(=O)Nc2ccc(CCCc4ccc(C(=O)O)cc4)cc2)CCCC3)c1)C(=O)c1ccc(C(=O)O)cc1. The summed E-state index contributed by atoms with van der Waals surface area (Å²) in [5.41, 5.74) is 6.29. The van der Waals surface area contributed by atoms with Gasteiger partial charge in [0, 0.05) is 34.3 Å². The van der Waals surface area contributed by atoms with Crippen LogP contribution in [0.3, 0.4) is 0 Å². The third-order valence-corrected chi connectivity index (χ3v) is 11.7. The Bertz CT molecular complexity index is 2240. The second-order valence-corrected chi connectivity index (χ2v) is 15.5. The first kappa shape index (κ1) is 40.6. The van der Waals surface area contributed by atoms with E-state index in [-0.39, 0.29) is 41.4 Å². The number of fused-ring (bicyclic) bond motifs is 1. The van der Waals surface area contributed by atoms with E-state index in [1.807, 2.05) is 56.3 Å². The van der Waals surface area contributed by atoms with Crippen LogP contribution in [-0.4, -0.2) is 50.8 Å². The van der Waals surface area contributed by atoms with Gasteiger partial charge in [-0.1, -0.05) is 50.2 Å². The van der Waals surface area contributed by atoms with E-state index in [1.165, 1.54) is 35.6 Å². The fourth-order valence-electron chi connectivity index (χ4n) is 7.35. The summed E-state index contributed by atoms with van der Waals surface area (Å²) in [5, 5.41) is 25.1. The Kier molecular flexibility index (Phi) is 13.3. The Morgan fingerprint density at radius 1 is 0.667 bits per heavy atom. The molecule has 0 saturated carbocycles. The molecule has 1 heterocycles. The van der Waals surface area contributed by atoms with Crippen molar-refractivity contribution in [2.45, 2.75) is 84.2 Å². The first-order chi connectivity index (χ1) is 27.5. The van der Waals surface area contributed by atoms with Crippen molar-refractivity contribution in [2.24, 2.45) is 0 Å². The molecule has 1 aliphatic rings. The molecule has 5 aromatic rings. The highest BCUT2D eigenvalue weighted by atomic mass is 32.1. The molecule has 57 heavy (non-hydrogen) atoms. The number of nitrogens with one attached hydrogen (secondary N) is 2. The number of hydrogen-bond donors (Lipinski definition) is 4. The molecule has 0 bridgehead atoms. The van der Waals surface area contributed by atoms with E-state index < -0.39 is 11.9 Å². The summed E-state index contributed by atoms with van der Waals surface area (Å²) in [7, 11) is 0. The number of hydrogen-bond acceptors (Lipinski definition) is 6. The number of rotatable bonds is 16. The summed E-state index contributed by atoms with van der Waals surface area (Å²) in [5.74, 6) is -2.83. The summed E-state index contributed by atoms with van der Waals surface area (Å²) in [6, 6.07) is 27.7. The molecule has 294 valence electrons. The van der Waals surface area contributed by atoms with Crippen LogP contribution in [0.4, 0.5) is 10.7 Å². The van der Waals surface area contributed by atoms with E-state index >= 15 is 0 Å². The maximum atomic E-state index is 13.9. The van der Waals surface area contributed by atoms with Gasteiger partial charge >= 0.3 is 11.9 Å². The van der Waals surface area contributed by atoms with Gasteiger partial charge in [0.05, 0.1) is 16.7 Å². The van der Waals surface area contributed by atoms with Crippen LogP contribution in [-0.2, 0) is 32.2 Å². The van der Waals surface area contributed by atoms with E-state index in [2.05, 4.69) is 10.6 Å². The van der Waals surface area contributed by atoms with Crippen molar-refractivity contribution in [3.8, 4) is 0 Å². The second-order valence-electron chi connectivity index (χ2n) is 14.4. The Hall–Kier alpha value is -6.07. The Morgan fingerprint density at radius 2 is 1.25 bits per heavy atom. The largest absolute Gasteiger partial charge is 0.478 e. The third kappa shape index (κ3) is 10.0. The van der Waals surface area contributed by atoms with Crippen molar-refractivity contribution in [3.63, 3.8) is 0 Å². The lowest BCUT2D eigenvalue weighted by molar-refractivity contribution is 0.0645. The maximum Gasteiger partial charge on any atom is 0.335 e. The van der Waals surface area contributed by atoms with Gasteiger partial charge in [-0.25, -0.2) is 9.59 Å². The van der Waals surface area contributed by atoms with Gasteiger partial charge in [0.2, 0.25) is 0 Å². The minimum Gasteiger partial charge on any atom is -0.478 e. The van der Waals surface area contributed by atoms with Gasteiger partial charge in [0.1, 0.15) is 5.00 Å². The van der Waals surface area contributed by atoms with Crippen molar-refractivity contribution >= 4 is 51.7 Å². The summed E-state index contributed by atoms with van der Waals surface area (Å²) in [4.78, 5) is 66.9. The average molecular weight is 786 g/mol. The molecular formula is C46H47N3O7S. The van der Waals surface area contributed by atoms with Crippen LogP contribution in [0.15, 0.2) is 97.1 Å². The highest BCUT2D eigenvalue weighted by Crippen LogP contribution is 2.39. The Balaban J connectivity index is 1.13. The van der Waals surface area contributed by atoms with Gasteiger partial charge in [-0.15, -0.1) is 11.3 Å². The summed E-state index contributed by atoms with van der Waals surface area (Å²) < 4.78 is 0. The fourth-order valence-corrected chi connectivity index (χ4v) is 8.64. The lowest BCUT2D eigenvalue weighted by Crippen LogP contribution is -2.39. The Labute approximate surface area is 336 Å². The van der Waals surface area contributed by atoms with E-state index in [9.17, 15) is 29.1 Å². The predicted octanol–water partition coefficient (Wildman–Crippen LogP) is 9.53. The normalized spacial score (nSPS) is 12.1. The molecule has 4 N–H and O–H groups in total. The number of thiophene rings is 1. The molecule has 0 spiro atoms. The molecule has 0 aliphatic heterocycles. The van der Waals surface area contributed by atoms with E-state index in [0.717, 1.165) is 84.9 Å². The lowest BCUT2D eigenvalue weighted by Gasteiger charge is -2.31. The molecule has 0 unspecified atom stereocenters. The number of anilines is 2. The highest BCUT2D eigenvalue weighted by molar-refractivity contribution is 7.17. The van der Waals surface area contributed by atoms with E-state index in [1.54, 1.807) is 35.2 Å². The van der Waals surface area contributed by atoms with Crippen LogP contribution in [0.2, 0.25) is 0 Å². The van der Waals surface area contributed by atoms with Crippen molar-refractivity contribution < 1.29 is 34.2 Å². The molecule has 0 radical (unpaired) electrons. The predicted molar refractivity (Wildman–Crippen MR) is 223 cm³/mol. The number of benzene rings is 4. The molecule has 11 heteroatoms. The molecule has 0 atom stereocenters. The van der Waals surface area contributed by atoms with Crippen molar-refractivity contribution in [1.82, 2.24) is 4.90 Å². The number of carboxylic acids is 2. The van der Waals surface area contributed by atoms with Crippen molar-refractivity contribution in [2.75, 3.05) is 10.6 Å². The number of amides is 3. The fraction of sp³-hybridized carbons (Fsp3) is 0.283. The molecular weight excluding hydrogens is 739 g/mol. The monoisotopic (exact) mass is 785 g/mol. The number of carbonyl (C=O) groups excluding carboxylic acids is 3. The number of nitrogens with zero attached hydrogens (tertiary/aromatic N) is 1. The molecule has 1 aliphatic carbocycles. The molecule has 4 aromatic carbocycles. The van der Waals surface area contributed by atoms with E-state index in [4.69, 9.17) is 5.11 Å². The Morgan fingerprint density at radius 3 is 1.86 bits per heavy atom. The zero-order valence-electron chi connectivity index (χ0n) is 32.2. The maximum absolute atomic E-state index is 13.9. The topological polar surface area (TPSA) is 153 Å². The molecule has 6 rings (SSSR count). The molecule has 0 fully saturated rings. The van der Waals surface area contributed by atoms with Crippen LogP contribution in [0.25, 0.3) is 0 Å². The molecule has 1 aromatic heterocycles. The van der Waals surface area contributed by atoms with Gasteiger partial charge < -0.3 is 25.7 Å². The van der Waals surface area contributed by atoms with Crippen LogP contribution in [0, 0.1) is 0 Å². The molecule has 10 nitrogen and oxygen atoms in total. The van der Waals surface area contributed by atoms with Gasteiger partial charge in [0.15, 0.2) is 0 Å². The minimum absolute atomic E-state index is 0.0688. The van der Waals surface area contributed by atoms with Crippen molar-refractivity contribution in [1.29, 1.82) is 0 Å².